The SMILES string of the molecule is CCCOc1ccc(CO[C@H]2[C@@H]3OC(C)(C)O[C@H]3O[C@H]2[C@@H]2COC(C)(C)O2)cc1. The summed E-state index contributed by atoms with van der Waals surface area (Å²) in [6, 6.07) is 7.96. The zero-order valence-electron chi connectivity index (χ0n) is 17.9. The molecule has 0 unspecified atom stereocenters. The monoisotopic (exact) mass is 408 g/mol. The lowest BCUT2D eigenvalue weighted by Gasteiger charge is -2.29. The van der Waals surface area contributed by atoms with Crippen LogP contribution in [-0.2, 0) is 35.0 Å². The molecule has 3 saturated heterocycles. The largest absolute Gasteiger partial charge is 0.494 e. The Bertz CT molecular complexity index is 687. The van der Waals surface area contributed by atoms with Crippen molar-refractivity contribution in [2.45, 2.75) is 89.9 Å². The normalized spacial score (nSPS) is 35.0. The molecule has 1 aromatic rings. The number of hydrogen-bond donors (Lipinski definition) is 0. The van der Waals surface area contributed by atoms with Crippen molar-refractivity contribution in [1.29, 1.82) is 0 Å². The minimum atomic E-state index is -0.702. The van der Waals surface area contributed by atoms with Crippen molar-refractivity contribution in [1.82, 2.24) is 0 Å². The van der Waals surface area contributed by atoms with Crippen molar-refractivity contribution in [3.05, 3.63) is 29.8 Å². The second-order valence-electron chi connectivity index (χ2n) is 8.70. The molecule has 4 rings (SSSR count). The Hall–Kier alpha value is -1.22. The molecule has 3 heterocycles. The molecular weight excluding hydrogens is 376 g/mol. The maximum absolute atomic E-state index is 6.30. The van der Waals surface area contributed by atoms with E-state index in [0.29, 0.717) is 19.8 Å². The summed E-state index contributed by atoms with van der Waals surface area (Å²) in [6.45, 7) is 11.3. The second kappa shape index (κ2) is 8.13. The standard InChI is InChI=1S/C22H32O7/c1-6-11-23-15-9-7-14(8-10-15)12-24-18-17(16-13-25-21(2,3)27-16)26-20-19(18)28-22(4,5)29-20/h7-10,16-20H,6,11-13H2,1-5H3/t16-,17-,18+,19-,20+/m0/s1. The van der Waals surface area contributed by atoms with Crippen molar-refractivity contribution in [3.8, 4) is 5.75 Å². The van der Waals surface area contributed by atoms with E-state index in [1.54, 1.807) is 0 Å². The van der Waals surface area contributed by atoms with Gasteiger partial charge in [0, 0.05) is 0 Å². The zero-order valence-corrected chi connectivity index (χ0v) is 17.9. The van der Waals surface area contributed by atoms with Gasteiger partial charge in [-0.05, 0) is 51.8 Å². The number of benzene rings is 1. The highest BCUT2D eigenvalue weighted by atomic mass is 16.8. The maximum Gasteiger partial charge on any atom is 0.190 e. The molecule has 0 radical (unpaired) electrons. The second-order valence-corrected chi connectivity index (χ2v) is 8.70. The highest BCUT2D eigenvalue weighted by molar-refractivity contribution is 5.26. The van der Waals surface area contributed by atoms with Crippen molar-refractivity contribution >= 4 is 0 Å². The minimum absolute atomic E-state index is 0.235. The summed E-state index contributed by atoms with van der Waals surface area (Å²) in [7, 11) is 0. The Morgan fingerprint density at radius 3 is 2.38 bits per heavy atom. The molecule has 0 spiro atoms. The first-order valence-corrected chi connectivity index (χ1v) is 10.4. The van der Waals surface area contributed by atoms with Gasteiger partial charge in [-0.3, -0.25) is 0 Å². The van der Waals surface area contributed by atoms with Gasteiger partial charge in [-0.2, -0.15) is 0 Å². The van der Waals surface area contributed by atoms with Crippen LogP contribution in [0.2, 0.25) is 0 Å². The third-order valence-corrected chi connectivity index (χ3v) is 5.26. The van der Waals surface area contributed by atoms with Gasteiger partial charge in [-0.15, -0.1) is 0 Å². The van der Waals surface area contributed by atoms with Crippen LogP contribution in [-0.4, -0.2) is 55.5 Å². The summed E-state index contributed by atoms with van der Waals surface area (Å²) >= 11 is 0. The predicted octanol–water partition coefficient (Wildman–Crippen LogP) is 3.39. The lowest BCUT2D eigenvalue weighted by molar-refractivity contribution is -0.236. The van der Waals surface area contributed by atoms with E-state index < -0.39 is 17.9 Å². The Kier molecular flexibility index (Phi) is 5.90. The van der Waals surface area contributed by atoms with Crippen LogP contribution in [0, 0.1) is 0 Å². The van der Waals surface area contributed by atoms with Crippen LogP contribution >= 0.6 is 0 Å². The molecule has 7 nitrogen and oxygen atoms in total. The molecule has 1 aromatic carbocycles. The van der Waals surface area contributed by atoms with E-state index in [4.69, 9.17) is 33.2 Å². The highest BCUT2D eigenvalue weighted by Crippen LogP contribution is 2.42. The summed E-state index contributed by atoms with van der Waals surface area (Å²) in [6.07, 6.45) is -0.679. The molecule has 3 fully saturated rings. The molecule has 0 amide bonds. The molecule has 0 aromatic heterocycles. The van der Waals surface area contributed by atoms with Gasteiger partial charge in [0.2, 0.25) is 0 Å². The first-order chi connectivity index (χ1) is 13.8. The van der Waals surface area contributed by atoms with Gasteiger partial charge < -0.3 is 33.2 Å². The van der Waals surface area contributed by atoms with Crippen LogP contribution in [0.5, 0.6) is 5.75 Å². The Morgan fingerprint density at radius 1 is 0.966 bits per heavy atom. The van der Waals surface area contributed by atoms with Crippen LogP contribution in [0.4, 0.5) is 0 Å². The van der Waals surface area contributed by atoms with Crippen molar-refractivity contribution in [2.24, 2.45) is 0 Å². The first-order valence-electron chi connectivity index (χ1n) is 10.4. The third-order valence-electron chi connectivity index (χ3n) is 5.26. The van der Waals surface area contributed by atoms with Crippen LogP contribution in [0.3, 0.4) is 0 Å². The quantitative estimate of drug-likeness (QED) is 0.685. The summed E-state index contributed by atoms with van der Waals surface area (Å²) < 4.78 is 41.9. The topological polar surface area (TPSA) is 64.6 Å². The van der Waals surface area contributed by atoms with Gasteiger partial charge in [0.05, 0.1) is 19.8 Å². The van der Waals surface area contributed by atoms with Crippen LogP contribution in [0.1, 0.15) is 46.6 Å². The fourth-order valence-electron chi connectivity index (χ4n) is 3.96. The molecule has 29 heavy (non-hydrogen) atoms. The molecular formula is C22H32O7. The Morgan fingerprint density at radius 2 is 1.72 bits per heavy atom. The average molecular weight is 408 g/mol. The molecule has 3 aliphatic heterocycles. The number of rotatable bonds is 7. The van der Waals surface area contributed by atoms with E-state index in [1.807, 2.05) is 52.0 Å². The summed E-state index contributed by atoms with van der Waals surface area (Å²) in [4.78, 5) is 0. The molecule has 0 N–H and O–H groups in total. The fourth-order valence-corrected chi connectivity index (χ4v) is 3.96. The van der Waals surface area contributed by atoms with Gasteiger partial charge >= 0.3 is 0 Å². The smallest absolute Gasteiger partial charge is 0.190 e. The Labute approximate surface area is 172 Å². The number of hydrogen-bond acceptors (Lipinski definition) is 7. The van der Waals surface area contributed by atoms with Crippen molar-refractivity contribution in [3.63, 3.8) is 0 Å². The molecule has 5 atom stereocenters. The van der Waals surface area contributed by atoms with Gasteiger partial charge in [0.15, 0.2) is 17.9 Å². The van der Waals surface area contributed by atoms with E-state index in [0.717, 1.165) is 17.7 Å². The van der Waals surface area contributed by atoms with Crippen molar-refractivity contribution in [2.75, 3.05) is 13.2 Å². The average Bonchev–Trinajstić information content (AvgIpc) is 3.28. The van der Waals surface area contributed by atoms with E-state index in [9.17, 15) is 0 Å². The third kappa shape index (κ3) is 4.76. The van der Waals surface area contributed by atoms with Gasteiger partial charge in [-0.25, -0.2) is 0 Å². The fraction of sp³-hybridized carbons (Fsp3) is 0.727. The number of fused-ring (bicyclic) bond motifs is 1. The van der Waals surface area contributed by atoms with E-state index in [-0.39, 0.29) is 24.4 Å². The summed E-state index contributed by atoms with van der Waals surface area (Å²) in [5, 5.41) is 0. The minimum Gasteiger partial charge on any atom is -0.494 e. The summed E-state index contributed by atoms with van der Waals surface area (Å²) in [5.41, 5.74) is 1.05. The van der Waals surface area contributed by atoms with Crippen molar-refractivity contribution < 1.29 is 33.2 Å². The summed E-state index contributed by atoms with van der Waals surface area (Å²) in [5.74, 6) is -0.469. The van der Waals surface area contributed by atoms with Crippen LogP contribution < -0.4 is 4.74 Å². The Balaban J connectivity index is 1.43. The number of ether oxygens (including phenoxy) is 7. The van der Waals surface area contributed by atoms with E-state index >= 15 is 0 Å². The highest BCUT2D eigenvalue weighted by Gasteiger charge is 2.58. The molecule has 7 heteroatoms. The molecule has 162 valence electrons. The molecule has 0 bridgehead atoms. The first kappa shape index (κ1) is 21.0. The lowest BCUT2D eigenvalue weighted by atomic mass is 10.1. The van der Waals surface area contributed by atoms with Gasteiger partial charge in [0.1, 0.15) is 30.2 Å². The predicted molar refractivity (Wildman–Crippen MR) is 104 cm³/mol. The van der Waals surface area contributed by atoms with E-state index in [1.165, 1.54) is 0 Å². The molecule has 3 aliphatic rings. The molecule has 0 aliphatic carbocycles. The van der Waals surface area contributed by atoms with Crippen LogP contribution in [0.15, 0.2) is 24.3 Å². The zero-order chi connectivity index (χ0) is 20.6. The lowest BCUT2D eigenvalue weighted by Crippen LogP contribution is -2.44. The molecule has 0 saturated carbocycles. The van der Waals surface area contributed by atoms with Gasteiger partial charge in [-0.1, -0.05) is 19.1 Å². The van der Waals surface area contributed by atoms with Gasteiger partial charge in [0.25, 0.3) is 0 Å². The van der Waals surface area contributed by atoms with E-state index in [2.05, 4.69) is 6.92 Å². The maximum atomic E-state index is 6.30. The van der Waals surface area contributed by atoms with Crippen LogP contribution in [0.25, 0.3) is 0 Å².